The van der Waals surface area contributed by atoms with E-state index in [4.69, 9.17) is 5.90 Å². The van der Waals surface area contributed by atoms with Crippen molar-refractivity contribution in [1.82, 2.24) is 9.78 Å². The highest BCUT2D eigenvalue weighted by Crippen LogP contribution is 2.10. The zero-order valence-electron chi connectivity index (χ0n) is 6.82. The number of hydrogen-bond acceptors (Lipinski definition) is 3. The summed E-state index contributed by atoms with van der Waals surface area (Å²) < 4.78 is 1.84. The molecule has 1 aromatic heterocycles. The maximum Gasteiger partial charge on any atom is 0.120 e. The van der Waals surface area contributed by atoms with Gasteiger partial charge >= 0.3 is 0 Å². The molecular weight excluding hydrogens is 142 g/mol. The Morgan fingerprint density at radius 2 is 2.55 bits per heavy atom. The van der Waals surface area contributed by atoms with Crippen molar-refractivity contribution in [3.8, 4) is 0 Å². The third-order valence-electron chi connectivity index (χ3n) is 1.61. The second-order valence-corrected chi connectivity index (χ2v) is 2.37. The summed E-state index contributed by atoms with van der Waals surface area (Å²) in [6.45, 7) is 4.77. The quantitative estimate of drug-likeness (QED) is 0.658. The highest BCUT2D eigenvalue weighted by molar-refractivity contribution is 5.01. The van der Waals surface area contributed by atoms with E-state index in [-0.39, 0.29) is 6.10 Å². The van der Waals surface area contributed by atoms with Gasteiger partial charge in [0.15, 0.2) is 0 Å². The second kappa shape index (κ2) is 3.50. The number of nitrogens with two attached hydrogens (primary N) is 1. The zero-order chi connectivity index (χ0) is 8.27. The summed E-state index contributed by atoms with van der Waals surface area (Å²) in [6.07, 6.45) is 1.79. The number of aromatic nitrogens is 2. The molecule has 1 heterocycles. The van der Waals surface area contributed by atoms with Crippen molar-refractivity contribution in [1.29, 1.82) is 0 Å². The molecule has 1 atom stereocenters. The van der Waals surface area contributed by atoms with Crippen LogP contribution in [0.25, 0.3) is 0 Å². The molecule has 0 aromatic carbocycles. The standard InChI is InChI=1S/C7H13N3O/c1-3-10-5-4-7(9-10)6(2)11-8/h4-6H,3,8H2,1-2H3. The van der Waals surface area contributed by atoms with Crippen LogP contribution in [0.5, 0.6) is 0 Å². The number of rotatable bonds is 3. The molecule has 0 saturated heterocycles. The first kappa shape index (κ1) is 8.23. The molecule has 0 aliphatic rings. The van der Waals surface area contributed by atoms with Gasteiger partial charge in [0.25, 0.3) is 0 Å². The smallest absolute Gasteiger partial charge is 0.120 e. The SMILES string of the molecule is CCn1ccc(C(C)ON)n1. The van der Waals surface area contributed by atoms with Gasteiger partial charge in [-0.15, -0.1) is 0 Å². The van der Waals surface area contributed by atoms with E-state index in [0.29, 0.717) is 0 Å². The maximum atomic E-state index is 5.01. The minimum absolute atomic E-state index is 0.122. The van der Waals surface area contributed by atoms with Crippen molar-refractivity contribution in [2.75, 3.05) is 0 Å². The zero-order valence-corrected chi connectivity index (χ0v) is 6.82. The monoisotopic (exact) mass is 155 g/mol. The highest BCUT2D eigenvalue weighted by Gasteiger charge is 2.06. The number of nitrogens with zero attached hydrogens (tertiary/aromatic N) is 2. The third-order valence-corrected chi connectivity index (χ3v) is 1.61. The summed E-state index contributed by atoms with van der Waals surface area (Å²) >= 11 is 0. The van der Waals surface area contributed by atoms with Gasteiger partial charge in [-0.3, -0.25) is 9.52 Å². The van der Waals surface area contributed by atoms with Crippen LogP contribution in [0, 0.1) is 0 Å². The fraction of sp³-hybridized carbons (Fsp3) is 0.571. The van der Waals surface area contributed by atoms with E-state index in [1.54, 1.807) is 0 Å². The molecule has 4 nitrogen and oxygen atoms in total. The van der Waals surface area contributed by atoms with Gasteiger partial charge in [-0.25, -0.2) is 5.90 Å². The summed E-state index contributed by atoms with van der Waals surface area (Å²) in [4.78, 5) is 4.62. The first-order valence-electron chi connectivity index (χ1n) is 3.66. The fourth-order valence-electron chi connectivity index (χ4n) is 0.840. The van der Waals surface area contributed by atoms with Crippen molar-refractivity contribution < 1.29 is 4.84 Å². The molecule has 0 amide bonds. The largest absolute Gasteiger partial charge is 0.295 e. The summed E-state index contributed by atoms with van der Waals surface area (Å²) in [5, 5.41) is 4.21. The lowest BCUT2D eigenvalue weighted by Crippen LogP contribution is -2.06. The van der Waals surface area contributed by atoms with E-state index in [1.165, 1.54) is 0 Å². The Morgan fingerprint density at radius 3 is 3.00 bits per heavy atom. The average Bonchev–Trinajstić information content (AvgIpc) is 2.50. The molecule has 0 saturated carbocycles. The van der Waals surface area contributed by atoms with Crippen LogP contribution >= 0.6 is 0 Å². The van der Waals surface area contributed by atoms with Gasteiger partial charge in [0.05, 0.1) is 5.69 Å². The molecule has 0 aliphatic carbocycles. The first-order chi connectivity index (χ1) is 5.27. The molecule has 0 bridgehead atoms. The first-order valence-corrected chi connectivity index (χ1v) is 3.66. The van der Waals surface area contributed by atoms with Crippen LogP contribution in [0.4, 0.5) is 0 Å². The Balaban J connectivity index is 2.71. The molecule has 0 spiro atoms. The van der Waals surface area contributed by atoms with Gasteiger partial charge in [0, 0.05) is 12.7 Å². The van der Waals surface area contributed by atoms with Crippen molar-refractivity contribution in [3.63, 3.8) is 0 Å². The van der Waals surface area contributed by atoms with Crippen LogP contribution in [-0.2, 0) is 11.4 Å². The van der Waals surface area contributed by atoms with E-state index in [0.717, 1.165) is 12.2 Å². The van der Waals surface area contributed by atoms with E-state index in [2.05, 4.69) is 9.94 Å². The minimum atomic E-state index is -0.122. The van der Waals surface area contributed by atoms with Crippen molar-refractivity contribution in [2.45, 2.75) is 26.5 Å². The molecular formula is C7H13N3O. The third kappa shape index (κ3) is 1.78. The van der Waals surface area contributed by atoms with Crippen LogP contribution in [0.2, 0.25) is 0 Å². The predicted octanol–water partition coefficient (Wildman–Crippen LogP) is 0.854. The van der Waals surface area contributed by atoms with Gasteiger partial charge in [0.1, 0.15) is 6.10 Å². The Morgan fingerprint density at radius 1 is 1.82 bits per heavy atom. The van der Waals surface area contributed by atoms with Gasteiger partial charge in [0.2, 0.25) is 0 Å². The van der Waals surface area contributed by atoms with Crippen molar-refractivity contribution in [3.05, 3.63) is 18.0 Å². The van der Waals surface area contributed by atoms with E-state index in [1.807, 2.05) is 30.8 Å². The average molecular weight is 155 g/mol. The van der Waals surface area contributed by atoms with Crippen LogP contribution < -0.4 is 5.90 Å². The predicted molar refractivity (Wildman–Crippen MR) is 41.6 cm³/mol. The van der Waals surface area contributed by atoms with Crippen LogP contribution in [0.1, 0.15) is 25.6 Å². The van der Waals surface area contributed by atoms with Crippen molar-refractivity contribution >= 4 is 0 Å². The van der Waals surface area contributed by atoms with Gasteiger partial charge in [-0.2, -0.15) is 5.10 Å². The Hall–Kier alpha value is -0.870. The Labute approximate surface area is 65.9 Å². The Kier molecular flexibility index (Phi) is 2.62. The summed E-state index contributed by atoms with van der Waals surface area (Å²) in [5.74, 6) is 5.01. The summed E-state index contributed by atoms with van der Waals surface area (Å²) in [7, 11) is 0. The molecule has 4 heteroatoms. The molecule has 11 heavy (non-hydrogen) atoms. The molecule has 1 unspecified atom stereocenters. The molecule has 1 rings (SSSR count). The van der Waals surface area contributed by atoms with Gasteiger partial charge in [-0.1, -0.05) is 0 Å². The van der Waals surface area contributed by atoms with Crippen LogP contribution in [-0.4, -0.2) is 9.78 Å². The van der Waals surface area contributed by atoms with E-state index < -0.39 is 0 Å². The lowest BCUT2D eigenvalue weighted by molar-refractivity contribution is 0.0629. The molecule has 0 radical (unpaired) electrons. The highest BCUT2D eigenvalue weighted by atomic mass is 16.6. The second-order valence-electron chi connectivity index (χ2n) is 2.37. The summed E-state index contributed by atoms with van der Waals surface area (Å²) in [6, 6.07) is 1.90. The normalized spacial score (nSPS) is 13.4. The minimum Gasteiger partial charge on any atom is -0.295 e. The fourth-order valence-corrected chi connectivity index (χ4v) is 0.840. The van der Waals surface area contributed by atoms with E-state index in [9.17, 15) is 0 Å². The molecule has 0 aliphatic heterocycles. The van der Waals surface area contributed by atoms with Gasteiger partial charge in [-0.05, 0) is 19.9 Å². The molecule has 2 N–H and O–H groups in total. The Bertz CT molecular complexity index is 221. The molecule has 1 aromatic rings. The molecule has 62 valence electrons. The maximum absolute atomic E-state index is 5.01. The van der Waals surface area contributed by atoms with E-state index >= 15 is 0 Å². The molecule has 0 fully saturated rings. The van der Waals surface area contributed by atoms with Crippen molar-refractivity contribution in [2.24, 2.45) is 5.90 Å². The number of hydrogen-bond donors (Lipinski definition) is 1. The van der Waals surface area contributed by atoms with Crippen LogP contribution in [0.15, 0.2) is 12.3 Å². The topological polar surface area (TPSA) is 53.1 Å². The lowest BCUT2D eigenvalue weighted by Gasteiger charge is -2.03. The summed E-state index contributed by atoms with van der Waals surface area (Å²) in [5.41, 5.74) is 0.870. The van der Waals surface area contributed by atoms with Gasteiger partial charge < -0.3 is 0 Å². The van der Waals surface area contributed by atoms with Crippen LogP contribution in [0.3, 0.4) is 0 Å². The lowest BCUT2D eigenvalue weighted by atomic mass is 10.3. The number of aryl methyl sites for hydroxylation is 1.